The molecular formula is C9H13NSe. The number of anilines is 1. The van der Waals surface area contributed by atoms with Crippen LogP contribution in [0.5, 0.6) is 0 Å². The van der Waals surface area contributed by atoms with Crippen molar-refractivity contribution in [2.24, 2.45) is 0 Å². The summed E-state index contributed by atoms with van der Waals surface area (Å²) in [6.07, 6.45) is 0. The van der Waals surface area contributed by atoms with Gasteiger partial charge in [0.15, 0.2) is 0 Å². The van der Waals surface area contributed by atoms with Gasteiger partial charge in [-0.3, -0.25) is 0 Å². The third-order valence-corrected chi connectivity index (χ3v) is 3.26. The fraction of sp³-hybridized carbons (Fsp3) is 0.333. The number of hydrogen-bond donors (Lipinski definition) is 1. The minimum atomic E-state index is 0.588. The maximum atomic E-state index is 3.19. The summed E-state index contributed by atoms with van der Waals surface area (Å²) in [6, 6.07) is 6.54. The van der Waals surface area contributed by atoms with E-state index in [0.29, 0.717) is 15.0 Å². The summed E-state index contributed by atoms with van der Waals surface area (Å²) in [5, 5.41) is 3.19. The van der Waals surface area contributed by atoms with Gasteiger partial charge in [0.25, 0.3) is 0 Å². The van der Waals surface area contributed by atoms with Crippen molar-refractivity contribution in [3.63, 3.8) is 0 Å². The van der Waals surface area contributed by atoms with E-state index in [0.717, 1.165) is 0 Å². The monoisotopic (exact) mass is 215 g/mol. The Labute approximate surface area is 74.4 Å². The average Bonchev–Trinajstić information content (AvgIpc) is 2.04. The van der Waals surface area contributed by atoms with Crippen LogP contribution in [0.2, 0.25) is 5.82 Å². The van der Waals surface area contributed by atoms with E-state index < -0.39 is 0 Å². The molecule has 1 N–H and O–H groups in total. The second-order valence-electron chi connectivity index (χ2n) is 2.45. The van der Waals surface area contributed by atoms with Crippen LogP contribution in [0.25, 0.3) is 0 Å². The number of nitrogens with one attached hydrogen (secondary N) is 1. The summed E-state index contributed by atoms with van der Waals surface area (Å²) >= 11 is 0.588. The molecule has 0 aliphatic heterocycles. The summed E-state index contributed by atoms with van der Waals surface area (Å²) in [5.74, 6) is 2.24. The Morgan fingerprint density at radius 1 is 1.36 bits per heavy atom. The first-order valence-corrected chi connectivity index (χ1v) is 6.17. The molecule has 0 unspecified atom stereocenters. The van der Waals surface area contributed by atoms with Crippen LogP contribution in [0.4, 0.5) is 5.69 Å². The van der Waals surface area contributed by atoms with Gasteiger partial charge in [-0.1, -0.05) is 0 Å². The molecule has 0 atom stereocenters. The first kappa shape index (κ1) is 8.63. The van der Waals surface area contributed by atoms with Gasteiger partial charge in [-0.25, -0.2) is 0 Å². The standard InChI is InChI=1S/C9H13NSe/c1-7-4-5-8(10-2)9(6-7)11-3/h4-6,10H,1-3H3. The Morgan fingerprint density at radius 3 is 2.64 bits per heavy atom. The van der Waals surface area contributed by atoms with Crippen molar-refractivity contribution in [3.8, 4) is 0 Å². The van der Waals surface area contributed by atoms with Crippen molar-refractivity contribution in [2.45, 2.75) is 12.7 Å². The van der Waals surface area contributed by atoms with Crippen LogP contribution in [-0.4, -0.2) is 22.0 Å². The van der Waals surface area contributed by atoms with Crippen LogP contribution in [0.15, 0.2) is 18.2 Å². The summed E-state index contributed by atoms with van der Waals surface area (Å²) in [6.45, 7) is 2.13. The van der Waals surface area contributed by atoms with Crippen LogP contribution in [0.3, 0.4) is 0 Å². The van der Waals surface area contributed by atoms with Gasteiger partial charge in [0.1, 0.15) is 0 Å². The summed E-state index contributed by atoms with van der Waals surface area (Å²) < 4.78 is 1.46. The molecule has 0 fully saturated rings. The molecule has 0 spiro atoms. The molecule has 0 heterocycles. The Balaban J connectivity index is 3.06. The normalized spacial score (nSPS) is 9.73. The average molecular weight is 214 g/mol. The van der Waals surface area contributed by atoms with Gasteiger partial charge in [0.05, 0.1) is 0 Å². The molecule has 0 bridgehead atoms. The zero-order valence-electron chi connectivity index (χ0n) is 7.14. The van der Waals surface area contributed by atoms with Crippen LogP contribution in [-0.2, 0) is 0 Å². The fourth-order valence-corrected chi connectivity index (χ4v) is 2.46. The van der Waals surface area contributed by atoms with E-state index in [1.54, 1.807) is 0 Å². The number of benzene rings is 1. The van der Waals surface area contributed by atoms with E-state index in [4.69, 9.17) is 0 Å². The van der Waals surface area contributed by atoms with E-state index in [9.17, 15) is 0 Å². The molecule has 0 radical (unpaired) electrons. The molecule has 1 rings (SSSR count). The van der Waals surface area contributed by atoms with Crippen LogP contribution < -0.4 is 9.78 Å². The quantitative estimate of drug-likeness (QED) is 0.734. The summed E-state index contributed by atoms with van der Waals surface area (Å²) in [7, 11) is 1.97. The Bertz CT molecular complexity index is 245. The van der Waals surface area contributed by atoms with Gasteiger partial charge in [0, 0.05) is 0 Å². The van der Waals surface area contributed by atoms with E-state index in [-0.39, 0.29) is 0 Å². The summed E-state index contributed by atoms with van der Waals surface area (Å²) in [5.41, 5.74) is 2.63. The van der Waals surface area contributed by atoms with E-state index in [1.165, 1.54) is 15.7 Å². The van der Waals surface area contributed by atoms with E-state index in [2.05, 4.69) is 36.3 Å². The predicted molar refractivity (Wildman–Crippen MR) is 52.0 cm³/mol. The van der Waals surface area contributed by atoms with Crippen LogP contribution in [0.1, 0.15) is 5.56 Å². The van der Waals surface area contributed by atoms with Crippen molar-refractivity contribution in [3.05, 3.63) is 23.8 Å². The molecule has 60 valence electrons. The topological polar surface area (TPSA) is 12.0 Å². The maximum absolute atomic E-state index is 3.19. The van der Waals surface area contributed by atoms with Crippen molar-refractivity contribution in [1.82, 2.24) is 0 Å². The van der Waals surface area contributed by atoms with Crippen LogP contribution in [0, 0.1) is 6.92 Å². The van der Waals surface area contributed by atoms with Gasteiger partial charge >= 0.3 is 74.0 Å². The number of aryl methyl sites for hydroxylation is 1. The second kappa shape index (κ2) is 3.79. The molecule has 0 aromatic heterocycles. The number of rotatable bonds is 2. The molecule has 1 aromatic carbocycles. The van der Waals surface area contributed by atoms with Crippen molar-refractivity contribution < 1.29 is 0 Å². The third kappa shape index (κ3) is 1.98. The molecule has 0 saturated carbocycles. The molecule has 1 nitrogen and oxygen atoms in total. The van der Waals surface area contributed by atoms with E-state index >= 15 is 0 Å². The summed E-state index contributed by atoms with van der Waals surface area (Å²) in [4.78, 5) is 0. The zero-order valence-corrected chi connectivity index (χ0v) is 8.85. The Morgan fingerprint density at radius 2 is 2.09 bits per heavy atom. The fourth-order valence-electron chi connectivity index (χ4n) is 1.00. The molecule has 0 saturated heterocycles. The Hall–Kier alpha value is -0.461. The molecule has 11 heavy (non-hydrogen) atoms. The molecule has 2 heteroatoms. The van der Waals surface area contributed by atoms with Gasteiger partial charge in [0.2, 0.25) is 0 Å². The van der Waals surface area contributed by atoms with Crippen molar-refractivity contribution >= 4 is 25.1 Å². The van der Waals surface area contributed by atoms with Gasteiger partial charge in [-0.05, 0) is 0 Å². The van der Waals surface area contributed by atoms with E-state index in [1.807, 2.05) is 7.05 Å². The first-order chi connectivity index (χ1) is 5.27. The molecule has 0 aliphatic carbocycles. The van der Waals surface area contributed by atoms with Crippen LogP contribution >= 0.6 is 0 Å². The minimum absolute atomic E-state index is 0.588. The van der Waals surface area contributed by atoms with Gasteiger partial charge < -0.3 is 0 Å². The molecule has 0 amide bonds. The van der Waals surface area contributed by atoms with Gasteiger partial charge in [-0.2, -0.15) is 0 Å². The third-order valence-electron chi connectivity index (χ3n) is 1.63. The van der Waals surface area contributed by atoms with Crippen molar-refractivity contribution in [1.29, 1.82) is 0 Å². The Kier molecular flexibility index (Phi) is 2.98. The SMILES string of the molecule is CNc1ccc(C)cc1[Se]C. The molecular weight excluding hydrogens is 201 g/mol. The predicted octanol–water partition coefficient (Wildman–Crippen LogP) is 1.41. The van der Waals surface area contributed by atoms with Crippen molar-refractivity contribution in [2.75, 3.05) is 12.4 Å². The second-order valence-corrected chi connectivity index (χ2v) is 4.23. The first-order valence-electron chi connectivity index (χ1n) is 3.60. The molecule has 0 aliphatic rings. The number of hydrogen-bond acceptors (Lipinski definition) is 1. The van der Waals surface area contributed by atoms with Gasteiger partial charge in [-0.15, -0.1) is 0 Å². The molecule has 1 aromatic rings. The zero-order chi connectivity index (χ0) is 8.27.